The van der Waals surface area contributed by atoms with Crippen LogP contribution in [-0.4, -0.2) is 24.0 Å². The van der Waals surface area contributed by atoms with Crippen molar-refractivity contribution in [2.75, 3.05) is 6.73 Å². The molecule has 0 aliphatic heterocycles. The molecule has 0 amide bonds. The number of rotatable bonds is 2. The minimum Gasteiger partial charge on any atom is -0.393 e. The van der Waals surface area contributed by atoms with Crippen LogP contribution < -0.4 is 5.32 Å². The molecule has 0 aromatic carbocycles. The summed E-state index contributed by atoms with van der Waals surface area (Å²) < 4.78 is 0. The standard InChI is InChI=1S/C7H14NO2/c9-5-8-6-1-3-7(10)4-2-6/h6-8,10H,1-5H2/t6-,7+. The normalized spacial score (nSPS) is 34.2. The molecular weight excluding hydrogens is 130 g/mol. The first-order valence-corrected chi connectivity index (χ1v) is 3.82. The van der Waals surface area contributed by atoms with E-state index >= 15 is 0 Å². The van der Waals surface area contributed by atoms with Crippen LogP contribution in [0, 0.1) is 0 Å². The van der Waals surface area contributed by atoms with Crippen molar-refractivity contribution < 1.29 is 10.2 Å². The summed E-state index contributed by atoms with van der Waals surface area (Å²) in [7, 11) is 0. The van der Waals surface area contributed by atoms with Crippen molar-refractivity contribution in [1.29, 1.82) is 0 Å². The maximum Gasteiger partial charge on any atom is 0.133 e. The molecule has 0 atom stereocenters. The average Bonchev–Trinajstić information content (AvgIpc) is 1.95. The Morgan fingerprint density at radius 2 is 1.90 bits per heavy atom. The zero-order chi connectivity index (χ0) is 7.40. The fourth-order valence-electron chi connectivity index (χ4n) is 1.40. The van der Waals surface area contributed by atoms with Crippen molar-refractivity contribution in [1.82, 2.24) is 5.32 Å². The first kappa shape index (κ1) is 7.98. The van der Waals surface area contributed by atoms with Gasteiger partial charge in [-0.3, -0.25) is 5.32 Å². The number of nitrogens with one attached hydrogen (secondary N) is 1. The second-order valence-electron chi connectivity index (χ2n) is 2.85. The highest BCUT2D eigenvalue weighted by atomic mass is 16.3. The van der Waals surface area contributed by atoms with Crippen molar-refractivity contribution in [2.24, 2.45) is 0 Å². The lowest BCUT2D eigenvalue weighted by Gasteiger charge is -2.24. The van der Waals surface area contributed by atoms with Crippen molar-refractivity contribution in [2.45, 2.75) is 37.8 Å². The summed E-state index contributed by atoms with van der Waals surface area (Å²) in [5.41, 5.74) is 0. The van der Waals surface area contributed by atoms with E-state index in [4.69, 9.17) is 5.11 Å². The molecule has 0 saturated heterocycles. The molecule has 1 fully saturated rings. The number of hydrogen-bond donors (Lipinski definition) is 2. The molecule has 0 heterocycles. The Hall–Kier alpha value is -0.120. The van der Waals surface area contributed by atoms with Gasteiger partial charge in [-0.1, -0.05) is 0 Å². The van der Waals surface area contributed by atoms with Crippen molar-refractivity contribution in [3.05, 3.63) is 0 Å². The molecule has 0 bridgehead atoms. The first-order chi connectivity index (χ1) is 4.83. The number of hydrogen-bond acceptors (Lipinski definition) is 2. The zero-order valence-corrected chi connectivity index (χ0v) is 6.05. The van der Waals surface area contributed by atoms with Gasteiger partial charge in [-0.05, 0) is 25.7 Å². The Labute approximate surface area is 61.1 Å². The van der Waals surface area contributed by atoms with Gasteiger partial charge in [0.1, 0.15) is 6.73 Å². The quantitative estimate of drug-likeness (QED) is 0.546. The van der Waals surface area contributed by atoms with Crippen LogP contribution in [0.4, 0.5) is 0 Å². The van der Waals surface area contributed by atoms with Crippen LogP contribution in [0.2, 0.25) is 0 Å². The van der Waals surface area contributed by atoms with Crippen LogP contribution in [0.1, 0.15) is 25.7 Å². The lowest BCUT2D eigenvalue weighted by atomic mass is 9.93. The Morgan fingerprint density at radius 1 is 1.30 bits per heavy atom. The third-order valence-corrected chi connectivity index (χ3v) is 2.07. The average molecular weight is 144 g/mol. The van der Waals surface area contributed by atoms with E-state index in [-0.39, 0.29) is 12.8 Å². The van der Waals surface area contributed by atoms with Crippen molar-refractivity contribution in [3.63, 3.8) is 0 Å². The predicted molar refractivity (Wildman–Crippen MR) is 37.0 cm³/mol. The molecule has 1 saturated carbocycles. The van der Waals surface area contributed by atoms with Gasteiger partial charge in [0.2, 0.25) is 0 Å². The fourth-order valence-corrected chi connectivity index (χ4v) is 1.40. The lowest BCUT2D eigenvalue weighted by Crippen LogP contribution is -2.34. The van der Waals surface area contributed by atoms with E-state index in [0.717, 1.165) is 25.7 Å². The summed E-state index contributed by atoms with van der Waals surface area (Å²) in [6.45, 7) is -0.194. The van der Waals surface area contributed by atoms with Gasteiger partial charge in [0, 0.05) is 6.04 Å². The van der Waals surface area contributed by atoms with Crippen LogP contribution in [0.25, 0.3) is 0 Å². The second-order valence-corrected chi connectivity index (χ2v) is 2.85. The lowest BCUT2D eigenvalue weighted by molar-refractivity contribution is 0.0961. The number of aliphatic hydroxyl groups is 1. The summed E-state index contributed by atoms with van der Waals surface area (Å²) >= 11 is 0. The summed E-state index contributed by atoms with van der Waals surface area (Å²) in [4.78, 5) is 0. The highest BCUT2D eigenvalue weighted by Crippen LogP contribution is 2.17. The van der Waals surface area contributed by atoms with E-state index in [0.29, 0.717) is 6.04 Å². The topological polar surface area (TPSA) is 52.2 Å². The molecule has 1 rings (SSSR count). The van der Waals surface area contributed by atoms with Gasteiger partial charge in [0.15, 0.2) is 0 Å². The second kappa shape index (κ2) is 3.91. The zero-order valence-electron chi connectivity index (χ0n) is 6.05. The van der Waals surface area contributed by atoms with Gasteiger partial charge < -0.3 is 5.11 Å². The molecule has 1 aliphatic carbocycles. The van der Waals surface area contributed by atoms with Crippen LogP contribution in [0.15, 0.2) is 0 Å². The Balaban J connectivity index is 2.13. The van der Waals surface area contributed by atoms with Crippen molar-refractivity contribution >= 4 is 0 Å². The molecule has 0 unspecified atom stereocenters. The Kier molecular flexibility index (Phi) is 3.12. The molecule has 10 heavy (non-hydrogen) atoms. The van der Waals surface area contributed by atoms with Crippen LogP contribution >= 0.6 is 0 Å². The molecule has 3 heteroatoms. The van der Waals surface area contributed by atoms with E-state index < -0.39 is 0 Å². The third kappa shape index (κ3) is 2.25. The van der Waals surface area contributed by atoms with Gasteiger partial charge in [-0.15, -0.1) is 0 Å². The maximum absolute atomic E-state index is 10.1. The van der Waals surface area contributed by atoms with E-state index in [9.17, 15) is 5.11 Å². The minimum absolute atomic E-state index is 0.121. The summed E-state index contributed by atoms with van der Waals surface area (Å²) in [5.74, 6) is 0. The summed E-state index contributed by atoms with van der Waals surface area (Å²) in [6, 6.07) is 0.362. The van der Waals surface area contributed by atoms with Gasteiger partial charge in [-0.2, -0.15) is 0 Å². The van der Waals surface area contributed by atoms with Crippen LogP contribution in [0.3, 0.4) is 0 Å². The fraction of sp³-hybridized carbons (Fsp3) is 1.00. The monoisotopic (exact) mass is 144 g/mol. The smallest absolute Gasteiger partial charge is 0.133 e. The Morgan fingerprint density at radius 3 is 2.40 bits per heavy atom. The van der Waals surface area contributed by atoms with E-state index in [1.54, 1.807) is 0 Å². The number of aliphatic hydroxyl groups excluding tert-OH is 1. The molecule has 1 aliphatic rings. The van der Waals surface area contributed by atoms with E-state index in [2.05, 4.69) is 5.32 Å². The SMILES string of the molecule is [O]CN[C@H]1CC[C@@H](O)CC1. The van der Waals surface area contributed by atoms with Gasteiger partial charge in [0.05, 0.1) is 6.10 Å². The third-order valence-electron chi connectivity index (χ3n) is 2.07. The molecule has 0 spiro atoms. The molecular formula is C7H14NO2. The van der Waals surface area contributed by atoms with Crippen LogP contribution in [0.5, 0.6) is 0 Å². The van der Waals surface area contributed by atoms with Gasteiger partial charge in [-0.25, -0.2) is 5.11 Å². The summed E-state index contributed by atoms with van der Waals surface area (Å²) in [6.07, 6.45) is 3.46. The molecule has 3 nitrogen and oxygen atoms in total. The van der Waals surface area contributed by atoms with Crippen molar-refractivity contribution in [3.8, 4) is 0 Å². The molecule has 0 aromatic heterocycles. The minimum atomic E-state index is -0.194. The molecule has 59 valence electrons. The largest absolute Gasteiger partial charge is 0.393 e. The predicted octanol–water partition coefficient (Wildman–Crippen LogP) is 0.267. The highest BCUT2D eigenvalue weighted by Gasteiger charge is 2.17. The maximum atomic E-state index is 10.1. The Bertz CT molecular complexity index is 89.6. The molecule has 2 N–H and O–H groups in total. The van der Waals surface area contributed by atoms with Gasteiger partial charge in [0.25, 0.3) is 0 Å². The summed E-state index contributed by atoms with van der Waals surface area (Å²) in [5, 5.41) is 22.0. The molecule has 0 aromatic rings. The van der Waals surface area contributed by atoms with Crippen LogP contribution in [-0.2, 0) is 5.11 Å². The highest BCUT2D eigenvalue weighted by molar-refractivity contribution is 4.75. The first-order valence-electron chi connectivity index (χ1n) is 3.82. The van der Waals surface area contributed by atoms with E-state index in [1.165, 1.54) is 0 Å². The van der Waals surface area contributed by atoms with Gasteiger partial charge >= 0.3 is 0 Å². The molecule has 1 radical (unpaired) electrons. The van der Waals surface area contributed by atoms with E-state index in [1.807, 2.05) is 0 Å².